The topological polar surface area (TPSA) is 115 Å². The molecule has 0 aliphatic carbocycles. The van der Waals surface area contributed by atoms with Crippen molar-refractivity contribution in [2.45, 2.75) is 20.3 Å². The lowest BCUT2D eigenvalue weighted by molar-refractivity contribution is -0.116. The standard InChI is InChI=1S/C24H27ClN8O/c1-4-33(5-2)12-9-19(34)28-24-23(26)29-22(18-8-11-32(3)31-18)21(30-24)16-13-15-7-6-10-27-20(15)17(25)14-16/h6-8,10-11,13-14H,4-5,9,12H2,1-3H3,(H2,26,29)(H,28,30,34). The van der Waals surface area contributed by atoms with Gasteiger partial charge in [-0.2, -0.15) is 5.10 Å². The Balaban J connectivity index is 1.76. The van der Waals surface area contributed by atoms with E-state index in [1.807, 2.05) is 37.5 Å². The Morgan fingerprint density at radius 1 is 1.18 bits per heavy atom. The summed E-state index contributed by atoms with van der Waals surface area (Å²) in [6, 6.07) is 9.33. The number of benzene rings is 1. The molecule has 0 spiro atoms. The summed E-state index contributed by atoms with van der Waals surface area (Å²) in [7, 11) is 1.82. The second-order valence-electron chi connectivity index (χ2n) is 7.89. The molecule has 10 heteroatoms. The summed E-state index contributed by atoms with van der Waals surface area (Å²) in [5.41, 5.74) is 9.26. The highest BCUT2D eigenvalue weighted by molar-refractivity contribution is 6.35. The van der Waals surface area contributed by atoms with Crippen molar-refractivity contribution >= 4 is 40.0 Å². The number of pyridine rings is 1. The Hall–Kier alpha value is -3.56. The highest BCUT2D eigenvalue weighted by Crippen LogP contribution is 2.35. The average molecular weight is 479 g/mol. The third kappa shape index (κ3) is 5.00. The Labute approximate surface area is 203 Å². The fraction of sp³-hybridized carbons (Fsp3) is 0.292. The van der Waals surface area contributed by atoms with Crippen molar-refractivity contribution in [3.05, 3.63) is 47.7 Å². The minimum absolute atomic E-state index is 0.120. The van der Waals surface area contributed by atoms with E-state index in [-0.39, 0.29) is 17.5 Å². The van der Waals surface area contributed by atoms with Crippen LogP contribution >= 0.6 is 11.6 Å². The van der Waals surface area contributed by atoms with Gasteiger partial charge in [-0.1, -0.05) is 31.5 Å². The molecule has 0 saturated carbocycles. The van der Waals surface area contributed by atoms with Crippen LogP contribution in [0, 0.1) is 0 Å². The summed E-state index contributed by atoms with van der Waals surface area (Å²) in [5, 5.41) is 8.65. The van der Waals surface area contributed by atoms with Gasteiger partial charge in [-0.15, -0.1) is 0 Å². The molecule has 0 radical (unpaired) electrons. The van der Waals surface area contributed by atoms with Gasteiger partial charge in [0.25, 0.3) is 0 Å². The van der Waals surface area contributed by atoms with Crippen LogP contribution in [0.1, 0.15) is 20.3 Å². The van der Waals surface area contributed by atoms with Gasteiger partial charge in [-0.3, -0.25) is 14.5 Å². The van der Waals surface area contributed by atoms with Crippen molar-refractivity contribution in [3.63, 3.8) is 0 Å². The molecule has 3 aromatic heterocycles. The predicted molar refractivity (Wildman–Crippen MR) is 135 cm³/mol. The van der Waals surface area contributed by atoms with E-state index in [0.29, 0.717) is 40.6 Å². The van der Waals surface area contributed by atoms with E-state index in [9.17, 15) is 4.79 Å². The molecule has 0 bridgehead atoms. The summed E-state index contributed by atoms with van der Waals surface area (Å²) in [6.07, 6.45) is 3.84. The van der Waals surface area contributed by atoms with Gasteiger partial charge in [-0.25, -0.2) is 9.97 Å². The molecule has 0 atom stereocenters. The minimum atomic E-state index is -0.176. The minimum Gasteiger partial charge on any atom is -0.381 e. The van der Waals surface area contributed by atoms with E-state index < -0.39 is 0 Å². The van der Waals surface area contributed by atoms with E-state index in [1.165, 1.54) is 0 Å². The largest absolute Gasteiger partial charge is 0.381 e. The molecule has 0 fully saturated rings. The number of halogens is 1. The lowest BCUT2D eigenvalue weighted by atomic mass is 10.0. The van der Waals surface area contributed by atoms with Gasteiger partial charge in [-0.05, 0) is 37.4 Å². The number of rotatable bonds is 8. The van der Waals surface area contributed by atoms with Crippen LogP contribution in [0.2, 0.25) is 5.02 Å². The fourth-order valence-electron chi connectivity index (χ4n) is 3.74. The van der Waals surface area contributed by atoms with Gasteiger partial charge in [0, 0.05) is 43.4 Å². The Bertz CT molecular complexity index is 1330. The van der Waals surface area contributed by atoms with Crippen LogP contribution < -0.4 is 11.1 Å². The quantitative estimate of drug-likeness (QED) is 0.393. The van der Waals surface area contributed by atoms with Crippen molar-refractivity contribution in [1.82, 2.24) is 29.6 Å². The Kier molecular flexibility index (Phi) is 7.04. The molecule has 4 aromatic rings. The number of hydrogen-bond acceptors (Lipinski definition) is 7. The molecule has 3 heterocycles. The number of fused-ring (bicyclic) bond motifs is 1. The van der Waals surface area contributed by atoms with Crippen LogP contribution in [0.5, 0.6) is 0 Å². The predicted octanol–water partition coefficient (Wildman–Crippen LogP) is 4.00. The normalized spacial score (nSPS) is 11.3. The first-order valence-electron chi connectivity index (χ1n) is 11.1. The summed E-state index contributed by atoms with van der Waals surface area (Å²) >= 11 is 6.54. The number of carbonyl (C=O) groups excluding carboxylic acids is 1. The first-order chi connectivity index (χ1) is 16.4. The summed E-state index contributed by atoms with van der Waals surface area (Å²) in [6.45, 7) is 6.55. The SMILES string of the molecule is CCN(CC)CCC(=O)Nc1nc(-c2cc(Cl)c3ncccc3c2)c(-c2ccn(C)n2)nc1N. The van der Waals surface area contributed by atoms with E-state index in [0.717, 1.165) is 24.0 Å². The monoisotopic (exact) mass is 478 g/mol. The van der Waals surface area contributed by atoms with Gasteiger partial charge >= 0.3 is 0 Å². The number of amides is 1. The lowest BCUT2D eigenvalue weighted by Gasteiger charge is -2.17. The van der Waals surface area contributed by atoms with Crippen LogP contribution in [0.15, 0.2) is 42.7 Å². The van der Waals surface area contributed by atoms with E-state index in [1.54, 1.807) is 16.9 Å². The van der Waals surface area contributed by atoms with Gasteiger partial charge in [0.05, 0.1) is 10.5 Å². The average Bonchev–Trinajstić information content (AvgIpc) is 3.27. The molecular weight excluding hydrogens is 452 g/mol. The zero-order valence-electron chi connectivity index (χ0n) is 19.4. The molecule has 1 aromatic carbocycles. The lowest BCUT2D eigenvalue weighted by Crippen LogP contribution is -2.27. The van der Waals surface area contributed by atoms with Gasteiger partial charge in [0.15, 0.2) is 11.6 Å². The van der Waals surface area contributed by atoms with Gasteiger partial charge in [0.1, 0.15) is 17.1 Å². The zero-order chi connectivity index (χ0) is 24.2. The van der Waals surface area contributed by atoms with Crippen molar-refractivity contribution in [2.24, 2.45) is 7.05 Å². The second kappa shape index (κ2) is 10.1. The fourth-order valence-corrected chi connectivity index (χ4v) is 4.02. The number of hydrogen-bond donors (Lipinski definition) is 2. The van der Waals surface area contributed by atoms with Crippen molar-refractivity contribution in [3.8, 4) is 22.6 Å². The summed E-state index contributed by atoms with van der Waals surface area (Å²) in [5.74, 6) is 0.154. The van der Waals surface area contributed by atoms with Crippen molar-refractivity contribution in [2.75, 3.05) is 30.7 Å². The molecule has 4 rings (SSSR count). The molecule has 3 N–H and O–H groups in total. The number of nitrogens with one attached hydrogen (secondary N) is 1. The van der Waals surface area contributed by atoms with Gasteiger partial charge < -0.3 is 16.0 Å². The molecule has 34 heavy (non-hydrogen) atoms. The number of nitrogen functional groups attached to an aromatic ring is 1. The number of aryl methyl sites for hydroxylation is 1. The summed E-state index contributed by atoms with van der Waals surface area (Å²) < 4.78 is 1.68. The van der Waals surface area contributed by atoms with E-state index in [2.05, 4.69) is 39.1 Å². The first-order valence-corrected chi connectivity index (χ1v) is 11.5. The molecule has 1 amide bonds. The molecule has 176 valence electrons. The van der Waals surface area contributed by atoms with Crippen LogP contribution in [0.25, 0.3) is 33.5 Å². The highest BCUT2D eigenvalue weighted by atomic mass is 35.5. The molecule has 0 unspecified atom stereocenters. The first kappa shape index (κ1) is 23.6. The molecule has 0 aliphatic rings. The van der Waals surface area contributed by atoms with Crippen LogP contribution in [-0.2, 0) is 11.8 Å². The number of nitrogens with zero attached hydrogens (tertiary/aromatic N) is 6. The Morgan fingerprint density at radius 2 is 1.97 bits per heavy atom. The van der Waals surface area contributed by atoms with E-state index >= 15 is 0 Å². The highest BCUT2D eigenvalue weighted by Gasteiger charge is 2.20. The van der Waals surface area contributed by atoms with Crippen molar-refractivity contribution < 1.29 is 4.79 Å². The Morgan fingerprint density at radius 3 is 2.68 bits per heavy atom. The zero-order valence-corrected chi connectivity index (χ0v) is 20.2. The van der Waals surface area contributed by atoms with Crippen LogP contribution in [-0.4, -0.2) is 55.2 Å². The summed E-state index contributed by atoms with van der Waals surface area (Å²) in [4.78, 5) is 28.5. The molecule has 9 nitrogen and oxygen atoms in total. The second-order valence-corrected chi connectivity index (χ2v) is 8.29. The van der Waals surface area contributed by atoms with Gasteiger partial charge in [0.2, 0.25) is 5.91 Å². The van der Waals surface area contributed by atoms with E-state index in [4.69, 9.17) is 22.3 Å². The smallest absolute Gasteiger partial charge is 0.226 e. The van der Waals surface area contributed by atoms with Crippen LogP contribution in [0.4, 0.5) is 11.6 Å². The molecular formula is C24H27ClN8O. The number of nitrogens with two attached hydrogens (primary N) is 1. The maximum atomic E-state index is 12.6. The maximum Gasteiger partial charge on any atom is 0.226 e. The maximum absolute atomic E-state index is 12.6. The third-order valence-electron chi connectivity index (χ3n) is 5.62. The number of anilines is 2. The third-order valence-corrected chi connectivity index (χ3v) is 5.91. The number of carbonyl (C=O) groups is 1. The van der Waals surface area contributed by atoms with Crippen LogP contribution in [0.3, 0.4) is 0 Å². The van der Waals surface area contributed by atoms with Crippen molar-refractivity contribution in [1.29, 1.82) is 0 Å². The molecule has 0 aliphatic heterocycles. The number of aromatic nitrogens is 5. The molecule has 0 saturated heterocycles.